The molecule has 0 saturated carbocycles. The number of furan rings is 1. The molecule has 0 spiro atoms. The number of nitrogens with zero attached hydrogens (tertiary/aromatic N) is 5. The van der Waals surface area contributed by atoms with Crippen LogP contribution in [0.3, 0.4) is 0 Å². The van der Waals surface area contributed by atoms with Crippen LogP contribution in [0.2, 0.25) is 5.15 Å². The Balaban J connectivity index is 1.41. The Labute approximate surface area is 151 Å². The highest BCUT2D eigenvalue weighted by Gasteiger charge is 2.29. The number of rotatable bonds is 2. The van der Waals surface area contributed by atoms with Crippen molar-refractivity contribution in [1.82, 2.24) is 13.6 Å². The average Bonchev–Trinajstić information content (AvgIpc) is 3.31. The van der Waals surface area contributed by atoms with Crippen molar-refractivity contribution in [1.29, 1.82) is 0 Å². The number of anilines is 1. The standard InChI is InChI=1S/C14H12ClN5O2S2/c15-11-12(18-24-17-11)19-3-5-20(6-4-19)14-16-13(21)10(23-14)8-9-2-1-7-22-9/h1-2,7-8H,3-6H2. The number of hydrogen-bond acceptors (Lipinski definition) is 8. The van der Waals surface area contributed by atoms with E-state index in [1.807, 2.05) is 6.07 Å². The molecule has 10 heteroatoms. The van der Waals surface area contributed by atoms with E-state index in [9.17, 15) is 4.79 Å². The Morgan fingerprint density at radius 3 is 2.67 bits per heavy atom. The summed E-state index contributed by atoms with van der Waals surface area (Å²) in [5.74, 6) is 1.16. The zero-order chi connectivity index (χ0) is 16.5. The fraction of sp³-hybridized carbons (Fsp3) is 0.286. The number of aliphatic imine (C=N–C) groups is 1. The average molecular weight is 382 g/mol. The van der Waals surface area contributed by atoms with Gasteiger partial charge in [-0.25, -0.2) is 0 Å². The van der Waals surface area contributed by atoms with Gasteiger partial charge in [-0.2, -0.15) is 13.7 Å². The van der Waals surface area contributed by atoms with Crippen LogP contribution >= 0.6 is 35.1 Å². The molecule has 0 atom stereocenters. The summed E-state index contributed by atoms with van der Waals surface area (Å²) < 4.78 is 13.5. The molecule has 1 saturated heterocycles. The number of amidine groups is 1. The first-order valence-electron chi connectivity index (χ1n) is 7.25. The molecule has 1 amide bonds. The van der Waals surface area contributed by atoms with Crippen LogP contribution in [0.15, 0.2) is 32.7 Å². The lowest BCUT2D eigenvalue weighted by atomic mass is 10.3. The third-order valence-electron chi connectivity index (χ3n) is 3.71. The van der Waals surface area contributed by atoms with Gasteiger partial charge in [-0.3, -0.25) is 4.79 Å². The van der Waals surface area contributed by atoms with E-state index < -0.39 is 0 Å². The van der Waals surface area contributed by atoms with Crippen molar-refractivity contribution in [2.45, 2.75) is 0 Å². The summed E-state index contributed by atoms with van der Waals surface area (Å²) >= 11 is 8.53. The summed E-state index contributed by atoms with van der Waals surface area (Å²) in [7, 11) is 0. The molecule has 2 aliphatic heterocycles. The van der Waals surface area contributed by atoms with Crippen LogP contribution in [0.1, 0.15) is 5.76 Å². The number of halogens is 1. The molecule has 4 heterocycles. The minimum absolute atomic E-state index is 0.222. The SMILES string of the molecule is O=C1N=C(N2CCN(c3nsnc3Cl)CC2)SC1=Cc1ccco1. The lowest BCUT2D eigenvalue weighted by Gasteiger charge is -2.35. The molecule has 4 rings (SSSR count). The van der Waals surface area contributed by atoms with Crippen LogP contribution in [0.25, 0.3) is 6.08 Å². The van der Waals surface area contributed by atoms with Gasteiger partial charge in [0.05, 0.1) is 22.9 Å². The Morgan fingerprint density at radius 1 is 1.21 bits per heavy atom. The Kier molecular flexibility index (Phi) is 4.30. The monoisotopic (exact) mass is 381 g/mol. The molecule has 0 unspecified atom stereocenters. The van der Waals surface area contributed by atoms with Crippen LogP contribution in [-0.2, 0) is 4.79 Å². The highest BCUT2D eigenvalue weighted by molar-refractivity contribution is 8.18. The number of thioether (sulfide) groups is 1. The second kappa shape index (κ2) is 6.58. The van der Waals surface area contributed by atoms with Gasteiger partial charge in [0.25, 0.3) is 5.91 Å². The highest BCUT2D eigenvalue weighted by Crippen LogP contribution is 2.31. The molecular formula is C14H12ClN5O2S2. The van der Waals surface area contributed by atoms with E-state index in [0.717, 1.165) is 48.9 Å². The van der Waals surface area contributed by atoms with Crippen LogP contribution in [0.4, 0.5) is 5.82 Å². The predicted molar refractivity (Wildman–Crippen MR) is 95.4 cm³/mol. The summed E-state index contributed by atoms with van der Waals surface area (Å²) in [6.45, 7) is 3.02. The van der Waals surface area contributed by atoms with Crippen molar-refractivity contribution < 1.29 is 9.21 Å². The van der Waals surface area contributed by atoms with Crippen LogP contribution < -0.4 is 4.90 Å². The van der Waals surface area contributed by atoms with Crippen molar-refractivity contribution in [3.8, 4) is 0 Å². The van der Waals surface area contributed by atoms with E-state index in [-0.39, 0.29) is 5.91 Å². The summed E-state index contributed by atoms with van der Waals surface area (Å²) in [5, 5.41) is 1.18. The molecule has 2 aliphatic rings. The maximum atomic E-state index is 12.1. The largest absolute Gasteiger partial charge is 0.465 e. The molecule has 0 radical (unpaired) electrons. The van der Waals surface area contributed by atoms with Crippen LogP contribution in [0.5, 0.6) is 0 Å². The molecule has 2 aromatic heterocycles. The third kappa shape index (κ3) is 3.06. The van der Waals surface area contributed by atoms with Crippen LogP contribution in [0, 0.1) is 0 Å². The normalized spacial score (nSPS) is 20.1. The maximum Gasteiger partial charge on any atom is 0.286 e. The van der Waals surface area contributed by atoms with E-state index in [1.165, 1.54) is 11.8 Å². The van der Waals surface area contributed by atoms with E-state index in [4.69, 9.17) is 16.0 Å². The minimum Gasteiger partial charge on any atom is -0.465 e. The van der Waals surface area contributed by atoms with E-state index in [1.54, 1.807) is 18.4 Å². The molecule has 24 heavy (non-hydrogen) atoms. The van der Waals surface area contributed by atoms with E-state index >= 15 is 0 Å². The molecular weight excluding hydrogens is 370 g/mol. The molecule has 2 aromatic rings. The smallest absolute Gasteiger partial charge is 0.286 e. The summed E-state index contributed by atoms with van der Waals surface area (Å²) in [6.07, 6.45) is 3.30. The molecule has 0 N–H and O–H groups in total. The predicted octanol–water partition coefficient (Wildman–Crippen LogP) is 2.58. The maximum absolute atomic E-state index is 12.1. The fourth-order valence-electron chi connectivity index (χ4n) is 2.51. The van der Waals surface area contributed by atoms with Crippen molar-refractivity contribution >= 4 is 58.1 Å². The number of aromatic nitrogens is 2. The zero-order valence-electron chi connectivity index (χ0n) is 12.4. The van der Waals surface area contributed by atoms with Gasteiger partial charge >= 0.3 is 0 Å². The van der Waals surface area contributed by atoms with Gasteiger partial charge in [-0.15, -0.1) is 0 Å². The van der Waals surface area contributed by atoms with E-state index in [2.05, 4.69) is 23.5 Å². The number of piperazine rings is 1. The van der Waals surface area contributed by atoms with Crippen LogP contribution in [-0.4, -0.2) is 50.9 Å². The fourth-order valence-corrected chi connectivity index (χ4v) is 4.23. The molecule has 124 valence electrons. The quantitative estimate of drug-likeness (QED) is 0.740. The first-order valence-corrected chi connectivity index (χ1v) is 9.17. The molecule has 0 aromatic carbocycles. The molecule has 0 bridgehead atoms. The summed E-state index contributed by atoms with van der Waals surface area (Å²) in [6, 6.07) is 3.60. The molecule has 0 aliphatic carbocycles. The molecule has 7 nitrogen and oxygen atoms in total. The number of carbonyl (C=O) groups excluding carboxylic acids is 1. The van der Waals surface area contributed by atoms with E-state index in [0.29, 0.717) is 15.8 Å². The number of amides is 1. The lowest BCUT2D eigenvalue weighted by Crippen LogP contribution is -2.48. The van der Waals surface area contributed by atoms with Crippen molar-refractivity contribution in [2.24, 2.45) is 4.99 Å². The van der Waals surface area contributed by atoms with Crippen molar-refractivity contribution in [2.75, 3.05) is 31.1 Å². The lowest BCUT2D eigenvalue weighted by molar-refractivity contribution is -0.113. The summed E-state index contributed by atoms with van der Waals surface area (Å²) in [5.41, 5.74) is 0. The zero-order valence-corrected chi connectivity index (χ0v) is 14.8. The second-order valence-electron chi connectivity index (χ2n) is 5.18. The van der Waals surface area contributed by atoms with Gasteiger partial charge in [-0.1, -0.05) is 11.6 Å². The van der Waals surface area contributed by atoms with Gasteiger partial charge < -0.3 is 14.2 Å². The minimum atomic E-state index is -0.222. The second-order valence-corrected chi connectivity index (χ2v) is 7.07. The number of carbonyl (C=O) groups is 1. The van der Waals surface area contributed by atoms with Crippen molar-refractivity contribution in [3.05, 3.63) is 34.2 Å². The Morgan fingerprint density at radius 2 is 2.00 bits per heavy atom. The third-order valence-corrected chi connectivity index (χ3v) is 5.63. The Hall–Kier alpha value is -1.84. The first kappa shape index (κ1) is 15.7. The summed E-state index contributed by atoms with van der Waals surface area (Å²) in [4.78, 5) is 21.0. The Bertz CT molecular complexity index is 809. The van der Waals surface area contributed by atoms with Gasteiger partial charge in [0.1, 0.15) is 5.76 Å². The van der Waals surface area contributed by atoms with Gasteiger partial charge in [0, 0.05) is 32.3 Å². The molecule has 1 fully saturated rings. The first-order chi connectivity index (χ1) is 11.7. The van der Waals surface area contributed by atoms with Gasteiger partial charge in [0.15, 0.2) is 16.1 Å². The highest BCUT2D eigenvalue weighted by atomic mass is 35.5. The number of hydrogen-bond donors (Lipinski definition) is 0. The van der Waals surface area contributed by atoms with Gasteiger partial charge in [0.2, 0.25) is 0 Å². The van der Waals surface area contributed by atoms with Gasteiger partial charge in [-0.05, 0) is 23.9 Å². The topological polar surface area (TPSA) is 74.8 Å². The van der Waals surface area contributed by atoms with Crippen molar-refractivity contribution in [3.63, 3.8) is 0 Å².